The van der Waals surface area contributed by atoms with E-state index < -0.39 is 6.04 Å². The molecule has 0 radical (unpaired) electrons. The maximum absolute atomic E-state index is 13.3. The maximum Gasteiger partial charge on any atom is 0.276 e. The van der Waals surface area contributed by atoms with E-state index in [1.807, 2.05) is 50.2 Å². The van der Waals surface area contributed by atoms with Crippen molar-refractivity contribution in [1.29, 1.82) is 0 Å². The summed E-state index contributed by atoms with van der Waals surface area (Å²) < 4.78 is 3.32. The van der Waals surface area contributed by atoms with Crippen molar-refractivity contribution < 1.29 is 4.79 Å². The highest BCUT2D eigenvalue weighted by Crippen LogP contribution is 2.33. The molecule has 30 heavy (non-hydrogen) atoms. The zero-order valence-electron chi connectivity index (χ0n) is 17.4. The highest BCUT2D eigenvalue weighted by molar-refractivity contribution is 7.26. The fourth-order valence-corrected chi connectivity index (χ4v) is 4.89. The zero-order chi connectivity index (χ0) is 21.3. The van der Waals surface area contributed by atoms with Crippen molar-refractivity contribution in [2.75, 3.05) is 0 Å². The summed E-state index contributed by atoms with van der Waals surface area (Å²) in [6, 6.07) is 15.4. The SMILES string of the molecule is CCc1ccc(CNC(=O)C(CC)n2nc(C)c3sc4ccccc4c3c2=O)cc1. The first-order valence-electron chi connectivity index (χ1n) is 10.3. The number of carbonyl (C=O) groups excluding carboxylic acids is 1. The Morgan fingerprint density at radius 3 is 2.50 bits per heavy atom. The summed E-state index contributed by atoms with van der Waals surface area (Å²) in [5.41, 5.74) is 2.86. The minimum Gasteiger partial charge on any atom is -0.350 e. The van der Waals surface area contributed by atoms with E-state index in [1.54, 1.807) is 11.3 Å². The smallest absolute Gasteiger partial charge is 0.276 e. The fourth-order valence-electron chi connectivity index (χ4n) is 3.76. The number of benzene rings is 2. The normalized spacial score (nSPS) is 12.4. The van der Waals surface area contributed by atoms with Gasteiger partial charge in [0.1, 0.15) is 6.04 Å². The monoisotopic (exact) mass is 419 g/mol. The maximum atomic E-state index is 13.3. The van der Waals surface area contributed by atoms with Gasteiger partial charge in [0, 0.05) is 16.6 Å². The molecule has 0 aliphatic carbocycles. The first kappa shape index (κ1) is 20.3. The molecule has 5 nitrogen and oxygen atoms in total. The standard InChI is InChI=1S/C24H25N3O2S/c1-4-16-10-12-17(13-11-16)14-25-23(28)19(5-2)27-24(29)21-18-8-6-7-9-20(18)30-22(21)15(3)26-27/h6-13,19H,4-5,14H2,1-3H3,(H,25,28). The highest BCUT2D eigenvalue weighted by Gasteiger charge is 2.24. The van der Waals surface area contributed by atoms with Crippen LogP contribution < -0.4 is 10.9 Å². The molecule has 1 N–H and O–H groups in total. The van der Waals surface area contributed by atoms with Crippen molar-refractivity contribution in [2.45, 2.75) is 46.2 Å². The predicted octanol–water partition coefficient (Wildman–Crippen LogP) is 4.75. The van der Waals surface area contributed by atoms with E-state index in [-0.39, 0.29) is 11.5 Å². The number of amides is 1. The summed E-state index contributed by atoms with van der Waals surface area (Å²) in [7, 11) is 0. The van der Waals surface area contributed by atoms with Gasteiger partial charge in [0.15, 0.2) is 0 Å². The van der Waals surface area contributed by atoms with Crippen LogP contribution >= 0.6 is 11.3 Å². The van der Waals surface area contributed by atoms with Gasteiger partial charge < -0.3 is 5.32 Å². The summed E-state index contributed by atoms with van der Waals surface area (Å²) >= 11 is 1.57. The Bertz CT molecular complexity index is 1270. The Labute approximate surface area is 179 Å². The van der Waals surface area contributed by atoms with E-state index in [0.717, 1.165) is 32.5 Å². The van der Waals surface area contributed by atoms with Crippen LogP contribution in [0.2, 0.25) is 0 Å². The summed E-state index contributed by atoms with van der Waals surface area (Å²) in [6.45, 7) is 6.34. The van der Waals surface area contributed by atoms with Gasteiger partial charge in [-0.15, -0.1) is 11.3 Å². The summed E-state index contributed by atoms with van der Waals surface area (Å²) in [6.07, 6.45) is 1.47. The van der Waals surface area contributed by atoms with Crippen LogP contribution in [-0.2, 0) is 17.8 Å². The quantitative estimate of drug-likeness (QED) is 0.491. The van der Waals surface area contributed by atoms with Crippen LogP contribution in [0.5, 0.6) is 0 Å². The Morgan fingerprint density at radius 1 is 1.10 bits per heavy atom. The zero-order valence-corrected chi connectivity index (χ0v) is 18.3. The average Bonchev–Trinajstić information content (AvgIpc) is 3.17. The van der Waals surface area contributed by atoms with Gasteiger partial charge >= 0.3 is 0 Å². The van der Waals surface area contributed by atoms with Crippen LogP contribution in [0.3, 0.4) is 0 Å². The molecule has 2 aromatic carbocycles. The Kier molecular flexibility index (Phi) is 5.68. The van der Waals surface area contributed by atoms with E-state index >= 15 is 0 Å². The third kappa shape index (κ3) is 3.63. The molecule has 1 amide bonds. The molecule has 0 bridgehead atoms. The number of fused-ring (bicyclic) bond motifs is 3. The van der Waals surface area contributed by atoms with Crippen molar-refractivity contribution in [2.24, 2.45) is 0 Å². The average molecular weight is 420 g/mol. The van der Waals surface area contributed by atoms with Crippen LogP contribution in [0.1, 0.15) is 43.1 Å². The van der Waals surface area contributed by atoms with E-state index in [9.17, 15) is 9.59 Å². The summed E-state index contributed by atoms with van der Waals surface area (Å²) in [4.78, 5) is 26.3. The van der Waals surface area contributed by atoms with Gasteiger partial charge in [-0.05, 0) is 37.0 Å². The van der Waals surface area contributed by atoms with Gasteiger partial charge in [-0.25, -0.2) is 4.68 Å². The van der Waals surface area contributed by atoms with E-state index in [4.69, 9.17) is 0 Å². The van der Waals surface area contributed by atoms with Crippen LogP contribution in [0.4, 0.5) is 0 Å². The first-order chi connectivity index (χ1) is 14.5. The highest BCUT2D eigenvalue weighted by atomic mass is 32.1. The van der Waals surface area contributed by atoms with Crippen molar-refractivity contribution >= 4 is 37.4 Å². The van der Waals surface area contributed by atoms with Crippen molar-refractivity contribution in [3.63, 3.8) is 0 Å². The van der Waals surface area contributed by atoms with Crippen LogP contribution in [-0.4, -0.2) is 15.7 Å². The fraction of sp³-hybridized carbons (Fsp3) is 0.292. The Balaban J connectivity index is 1.66. The van der Waals surface area contributed by atoms with Crippen LogP contribution in [0, 0.1) is 6.92 Å². The Hall–Kier alpha value is -2.99. The number of nitrogens with one attached hydrogen (secondary N) is 1. The molecule has 0 spiro atoms. The molecular formula is C24H25N3O2S. The lowest BCUT2D eigenvalue weighted by molar-refractivity contribution is -0.125. The van der Waals surface area contributed by atoms with E-state index in [1.165, 1.54) is 10.2 Å². The molecule has 154 valence electrons. The second kappa shape index (κ2) is 8.40. The number of aryl methyl sites for hydroxylation is 2. The van der Waals surface area contributed by atoms with Gasteiger partial charge in [-0.2, -0.15) is 5.10 Å². The molecule has 1 unspecified atom stereocenters. The van der Waals surface area contributed by atoms with Gasteiger partial charge in [0.25, 0.3) is 5.56 Å². The van der Waals surface area contributed by atoms with Gasteiger partial charge in [0.2, 0.25) is 5.91 Å². The van der Waals surface area contributed by atoms with Crippen molar-refractivity contribution in [3.05, 3.63) is 75.7 Å². The Morgan fingerprint density at radius 2 is 1.80 bits per heavy atom. The number of aromatic nitrogens is 2. The van der Waals surface area contributed by atoms with Gasteiger partial charge in [-0.3, -0.25) is 9.59 Å². The third-order valence-electron chi connectivity index (χ3n) is 5.49. The van der Waals surface area contributed by atoms with Gasteiger partial charge in [0.05, 0.1) is 15.8 Å². The minimum absolute atomic E-state index is 0.190. The molecule has 2 aromatic heterocycles. The van der Waals surface area contributed by atoms with Crippen LogP contribution in [0.15, 0.2) is 53.3 Å². The molecular weight excluding hydrogens is 394 g/mol. The van der Waals surface area contributed by atoms with Crippen molar-refractivity contribution in [3.8, 4) is 0 Å². The molecule has 6 heteroatoms. The first-order valence-corrected chi connectivity index (χ1v) is 11.1. The number of hydrogen-bond donors (Lipinski definition) is 1. The number of rotatable bonds is 6. The molecule has 4 rings (SSSR count). The number of hydrogen-bond acceptors (Lipinski definition) is 4. The second-order valence-electron chi connectivity index (χ2n) is 7.45. The topological polar surface area (TPSA) is 64.0 Å². The number of nitrogens with zero attached hydrogens (tertiary/aromatic N) is 2. The van der Waals surface area contributed by atoms with E-state index in [2.05, 4.69) is 29.5 Å². The van der Waals surface area contributed by atoms with Crippen molar-refractivity contribution in [1.82, 2.24) is 15.1 Å². The van der Waals surface area contributed by atoms with Crippen LogP contribution in [0.25, 0.3) is 20.2 Å². The molecule has 0 saturated carbocycles. The molecule has 0 aliphatic heterocycles. The summed E-state index contributed by atoms with van der Waals surface area (Å²) in [5.74, 6) is -0.190. The predicted molar refractivity (Wildman–Crippen MR) is 123 cm³/mol. The molecule has 1 atom stereocenters. The number of carbonyl (C=O) groups is 1. The molecule has 0 fully saturated rings. The lowest BCUT2D eigenvalue weighted by atomic mass is 10.1. The number of thiophene rings is 1. The lowest BCUT2D eigenvalue weighted by Gasteiger charge is -2.17. The van der Waals surface area contributed by atoms with E-state index in [0.29, 0.717) is 18.4 Å². The largest absolute Gasteiger partial charge is 0.350 e. The molecule has 2 heterocycles. The molecule has 0 aliphatic rings. The third-order valence-corrected chi connectivity index (χ3v) is 6.77. The molecule has 4 aromatic rings. The second-order valence-corrected chi connectivity index (χ2v) is 8.50. The molecule has 0 saturated heterocycles. The summed E-state index contributed by atoms with van der Waals surface area (Å²) in [5, 5.41) is 9.08. The lowest BCUT2D eigenvalue weighted by Crippen LogP contribution is -2.38. The minimum atomic E-state index is -0.644. The van der Waals surface area contributed by atoms with Gasteiger partial charge in [-0.1, -0.05) is 56.3 Å².